The molecule has 1 aliphatic rings. The van der Waals surface area contributed by atoms with Gasteiger partial charge in [-0.3, -0.25) is 9.63 Å². The first-order valence-corrected chi connectivity index (χ1v) is 9.17. The van der Waals surface area contributed by atoms with Gasteiger partial charge in [0.15, 0.2) is 9.84 Å². The molecule has 0 aliphatic carbocycles. The van der Waals surface area contributed by atoms with Crippen molar-refractivity contribution in [2.75, 3.05) is 24.7 Å². The summed E-state index contributed by atoms with van der Waals surface area (Å²) < 4.78 is 22.9. The van der Waals surface area contributed by atoms with E-state index in [1.165, 1.54) is 11.3 Å². The number of nitrogens with zero attached hydrogens (tertiary/aromatic N) is 2. The predicted octanol–water partition coefficient (Wildman–Crippen LogP) is 1.14. The van der Waals surface area contributed by atoms with Gasteiger partial charge in [0.1, 0.15) is 5.69 Å². The molecule has 112 valence electrons. The zero-order valence-electron chi connectivity index (χ0n) is 11.5. The molecule has 0 saturated carbocycles. The van der Waals surface area contributed by atoms with Crippen LogP contribution < -0.4 is 0 Å². The van der Waals surface area contributed by atoms with E-state index in [9.17, 15) is 13.2 Å². The maximum absolute atomic E-state index is 12.2. The zero-order chi connectivity index (χ0) is 14.8. The summed E-state index contributed by atoms with van der Waals surface area (Å²) in [4.78, 5) is 21.7. The maximum atomic E-state index is 12.2. The Kier molecular flexibility index (Phi) is 4.77. The molecule has 1 aliphatic heterocycles. The van der Waals surface area contributed by atoms with Gasteiger partial charge in [-0.1, -0.05) is 13.8 Å². The zero-order valence-corrected chi connectivity index (χ0v) is 13.2. The second-order valence-electron chi connectivity index (χ2n) is 5.12. The number of carbonyl (C=O) groups is 1. The monoisotopic (exact) mass is 318 g/mol. The van der Waals surface area contributed by atoms with Crippen molar-refractivity contribution in [3.8, 4) is 0 Å². The lowest BCUT2D eigenvalue weighted by molar-refractivity contribution is -0.111. The number of thiazole rings is 1. The molecule has 0 atom stereocenters. The number of rotatable bonds is 3. The van der Waals surface area contributed by atoms with Crippen LogP contribution in [0.5, 0.6) is 0 Å². The van der Waals surface area contributed by atoms with Gasteiger partial charge in [-0.2, -0.15) is 0 Å². The third-order valence-corrected chi connectivity index (χ3v) is 5.29. The molecule has 0 bridgehead atoms. The highest BCUT2D eigenvalue weighted by Gasteiger charge is 2.26. The van der Waals surface area contributed by atoms with Gasteiger partial charge in [0.25, 0.3) is 5.91 Å². The Morgan fingerprint density at radius 1 is 1.50 bits per heavy atom. The van der Waals surface area contributed by atoms with Gasteiger partial charge in [0, 0.05) is 11.8 Å². The summed E-state index contributed by atoms with van der Waals surface area (Å²) in [6.07, 6.45) is 0.827. The van der Waals surface area contributed by atoms with E-state index in [-0.39, 0.29) is 30.6 Å². The van der Waals surface area contributed by atoms with E-state index in [0.717, 1.165) is 16.5 Å². The molecular formula is C12H18N2O4S2. The molecule has 2 heterocycles. The van der Waals surface area contributed by atoms with E-state index in [2.05, 4.69) is 18.8 Å². The van der Waals surface area contributed by atoms with Crippen molar-refractivity contribution in [2.24, 2.45) is 5.92 Å². The second-order valence-corrected chi connectivity index (χ2v) is 8.36. The molecule has 1 aromatic rings. The van der Waals surface area contributed by atoms with Crippen LogP contribution in [0.25, 0.3) is 0 Å². The first-order chi connectivity index (χ1) is 9.37. The van der Waals surface area contributed by atoms with Gasteiger partial charge >= 0.3 is 0 Å². The average Bonchev–Trinajstić information content (AvgIpc) is 2.72. The molecule has 1 amide bonds. The number of aromatic nitrogens is 1. The van der Waals surface area contributed by atoms with Crippen LogP contribution in [0.1, 0.15) is 29.3 Å². The van der Waals surface area contributed by atoms with Crippen molar-refractivity contribution in [3.63, 3.8) is 0 Å². The summed E-state index contributed by atoms with van der Waals surface area (Å²) in [7, 11) is -3.12. The van der Waals surface area contributed by atoms with Gasteiger partial charge in [-0.25, -0.2) is 18.5 Å². The quantitative estimate of drug-likeness (QED) is 0.835. The topological polar surface area (TPSA) is 76.6 Å². The number of hydrogen-bond donors (Lipinski definition) is 0. The summed E-state index contributed by atoms with van der Waals surface area (Å²) in [5.74, 6) is -0.00852. The van der Waals surface area contributed by atoms with Gasteiger partial charge in [-0.15, -0.1) is 11.3 Å². The van der Waals surface area contributed by atoms with Crippen molar-refractivity contribution >= 4 is 27.1 Å². The van der Waals surface area contributed by atoms with Crippen molar-refractivity contribution in [1.29, 1.82) is 0 Å². The second kappa shape index (κ2) is 6.19. The molecule has 0 aromatic carbocycles. The SMILES string of the molecule is CC(C)Cc1nc(C(=O)N2CCS(=O)(=O)CCO2)cs1. The molecule has 2 rings (SSSR count). The minimum Gasteiger partial charge on any atom is -0.270 e. The van der Waals surface area contributed by atoms with E-state index in [1.807, 2.05) is 0 Å². The van der Waals surface area contributed by atoms with Crippen LogP contribution >= 0.6 is 11.3 Å². The highest BCUT2D eigenvalue weighted by molar-refractivity contribution is 7.91. The van der Waals surface area contributed by atoms with Crippen LogP contribution in [-0.4, -0.2) is 49.0 Å². The molecule has 1 aromatic heterocycles. The van der Waals surface area contributed by atoms with Crippen molar-refractivity contribution in [1.82, 2.24) is 10.0 Å². The maximum Gasteiger partial charge on any atom is 0.296 e. The highest BCUT2D eigenvalue weighted by Crippen LogP contribution is 2.16. The molecule has 1 fully saturated rings. The van der Waals surface area contributed by atoms with E-state index in [4.69, 9.17) is 4.84 Å². The predicted molar refractivity (Wildman–Crippen MR) is 76.3 cm³/mol. The first kappa shape index (κ1) is 15.4. The minimum absolute atomic E-state index is 0.0110. The van der Waals surface area contributed by atoms with Crippen LogP contribution in [0.4, 0.5) is 0 Å². The first-order valence-electron chi connectivity index (χ1n) is 6.47. The van der Waals surface area contributed by atoms with Gasteiger partial charge in [0.2, 0.25) is 0 Å². The fourth-order valence-corrected chi connectivity index (χ4v) is 3.76. The standard InChI is InChI=1S/C12H18N2O4S2/c1-9(2)7-11-13-10(8-19-11)12(15)14-3-5-20(16,17)6-4-18-14/h8-9H,3-7H2,1-2H3. The van der Waals surface area contributed by atoms with Gasteiger partial charge in [-0.05, 0) is 5.92 Å². The minimum atomic E-state index is -3.12. The van der Waals surface area contributed by atoms with Crippen LogP contribution in [0.3, 0.4) is 0 Å². The Balaban J connectivity index is 2.05. The van der Waals surface area contributed by atoms with Crippen molar-refractivity contribution in [3.05, 3.63) is 16.1 Å². The van der Waals surface area contributed by atoms with E-state index < -0.39 is 9.84 Å². The molecule has 1 saturated heterocycles. The lowest BCUT2D eigenvalue weighted by Gasteiger charge is -2.17. The third kappa shape index (κ3) is 4.00. The lowest BCUT2D eigenvalue weighted by atomic mass is 10.1. The molecule has 0 spiro atoms. The molecule has 0 radical (unpaired) electrons. The van der Waals surface area contributed by atoms with Crippen molar-refractivity contribution in [2.45, 2.75) is 20.3 Å². The average molecular weight is 318 g/mol. The van der Waals surface area contributed by atoms with Crippen molar-refractivity contribution < 1.29 is 18.0 Å². The van der Waals surface area contributed by atoms with E-state index >= 15 is 0 Å². The summed E-state index contributed by atoms with van der Waals surface area (Å²) >= 11 is 1.44. The molecule has 8 heteroatoms. The van der Waals surface area contributed by atoms with Crippen LogP contribution in [-0.2, 0) is 21.1 Å². The summed E-state index contributed by atoms with van der Waals surface area (Å²) in [5, 5.41) is 3.72. The van der Waals surface area contributed by atoms with Gasteiger partial charge in [0.05, 0.1) is 29.7 Å². The molecular weight excluding hydrogens is 300 g/mol. The number of carbonyl (C=O) groups excluding carboxylic acids is 1. The summed E-state index contributed by atoms with van der Waals surface area (Å²) in [6.45, 7) is 4.24. The highest BCUT2D eigenvalue weighted by atomic mass is 32.2. The number of hydrogen-bond acceptors (Lipinski definition) is 6. The largest absolute Gasteiger partial charge is 0.296 e. The van der Waals surface area contributed by atoms with Gasteiger partial charge < -0.3 is 0 Å². The Morgan fingerprint density at radius 3 is 2.95 bits per heavy atom. The van der Waals surface area contributed by atoms with Crippen LogP contribution in [0.15, 0.2) is 5.38 Å². The molecule has 6 nitrogen and oxygen atoms in total. The summed E-state index contributed by atoms with van der Waals surface area (Å²) in [6, 6.07) is 0. The van der Waals surface area contributed by atoms with E-state index in [0.29, 0.717) is 11.6 Å². The lowest BCUT2D eigenvalue weighted by Crippen LogP contribution is -2.33. The van der Waals surface area contributed by atoms with E-state index in [1.54, 1.807) is 5.38 Å². The normalized spacial score (nSPS) is 19.1. The Hall–Kier alpha value is -0.990. The fourth-order valence-electron chi connectivity index (χ4n) is 1.80. The number of sulfone groups is 1. The Labute approximate surface area is 122 Å². The third-order valence-electron chi connectivity index (χ3n) is 2.83. The van der Waals surface area contributed by atoms with Crippen LogP contribution in [0.2, 0.25) is 0 Å². The smallest absolute Gasteiger partial charge is 0.270 e. The molecule has 0 N–H and O–H groups in total. The Morgan fingerprint density at radius 2 is 2.25 bits per heavy atom. The summed E-state index contributed by atoms with van der Waals surface area (Å²) in [5.41, 5.74) is 0.324. The molecule has 20 heavy (non-hydrogen) atoms. The number of amides is 1. The van der Waals surface area contributed by atoms with Crippen LogP contribution in [0, 0.1) is 5.92 Å². The number of hydroxylamine groups is 2. The molecule has 0 unspecified atom stereocenters. The fraction of sp³-hybridized carbons (Fsp3) is 0.667. The Bertz CT molecular complexity index is 580.